The van der Waals surface area contributed by atoms with Crippen molar-refractivity contribution in [3.63, 3.8) is 0 Å². The van der Waals surface area contributed by atoms with Gasteiger partial charge in [-0.3, -0.25) is 14.9 Å². The fourth-order valence-corrected chi connectivity index (χ4v) is 3.70. The third-order valence-corrected chi connectivity index (χ3v) is 4.97. The Labute approximate surface area is 115 Å². The molecule has 104 valence electrons. The summed E-state index contributed by atoms with van der Waals surface area (Å²) in [6.45, 7) is 9.06. The van der Waals surface area contributed by atoms with Crippen molar-refractivity contribution in [3.8, 4) is 0 Å². The Bertz CT molecular complexity index is 469. The van der Waals surface area contributed by atoms with Crippen LogP contribution < -0.4 is 5.73 Å². The van der Waals surface area contributed by atoms with E-state index in [1.165, 1.54) is 5.69 Å². The molecule has 1 spiro atoms. The van der Waals surface area contributed by atoms with Crippen LogP contribution in [0.5, 0.6) is 0 Å². The standard InChI is InChI=1S/C15H24N4/c1-14(2,3)19-8-4-15(5-9-19)12(16)10-11-13(15)18-7-6-17-11/h6-7,12H,4-5,8-10,16H2,1-3H3. The molecule has 1 saturated heterocycles. The summed E-state index contributed by atoms with van der Waals surface area (Å²) in [5.74, 6) is 0. The minimum atomic E-state index is 0.0747. The molecule has 1 aliphatic heterocycles. The van der Waals surface area contributed by atoms with Gasteiger partial charge in [0.1, 0.15) is 0 Å². The highest BCUT2D eigenvalue weighted by Gasteiger charge is 2.49. The third kappa shape index (κ3) is 1.98. The highest BCUT2D eigenvalue weighted by Crippen LogP contribution is 2.44. The van der Waals surface area contributed by atoms with Crippen LogP contribution in [0.2, 0.25) is 0 Å². The summed E-state index contributed by atoms with van der Waals surface area (Å²) in [7, 11) is 0. The lowest BCUT2D eigenvalue weighted by molar-refractivity contribution is 0.0676. The molecule has 2 heterocycles. The molecule has 1 atom stereocenters. The van der Waals surface area contributed by atoms with Gasteiger partial charge in [-0.05, 0) is 46.7 Å². The predicted molar refractivity (Wildman–Crippen MR) is 75.9 cm³/mol. The molecule has 0 radical (unpaired) electrons. The molecule has 0 bridgehead atoms. The number of hydrogen-bond acceptors (Lipinski definition) is 4. The number of nitrogens with zero attached hydrogens (tertiary/aromatic N) is 3. The van der Waals surface area contributed by atoms with Crippen molar-refractivity contribution < 1.29 is 0 Å². The van der Waals surface area contributed by atoms with E-state index in [0.717, 1.165) is 38.0 Å². The van der Waals surface area contributed by atoms with Gasteiger partial charge in [0.2, 0.25) is 0 Å². The number of likely N-dealkylation sites (tertiary alicyclic amines) is 1. The van der Waals surface area contributed by atoms with Crippen molar-refractivity contribution in [1.82, 2.24) is 14.9 Å². The van der Waals surface area contributed by atoms with Gasteiger partial charge >= 0.3 is 0 Å². The molecule has 4 nitrogen and oxygen atoms in total. The molecular weight excluding hydrogens is 236 g/mol. The van der Waals surface area contributed by atoms with Gasteiger partial charge in [-0.25, -0.2) is 0 Å². The molecular formula is C15H24N4. The minimum Gasteiger partial charge on any atom is -0.326 e. The zero-order chi connectivity index (χ0) is 13.7. The fraction of sp³-hybridized carbons (Fsp3) is 0.733. The molecule has 2 N–H and O–H groups in total. The predicted octanol–water partition coefficient (Wildman–Crippen LogP) is 1.49. The normalized spacial score (nSPS) is 26.6. The molecule has 1 aromatic heterocycles. The van der Waals surface area contributed by atoms with E-state index in [4.69, 9.17) is 5.73 Å². The fourth-order valence-electron chi connectivity index (χ4n) is 3.70. The Morgan fingerprint density at radius 1 is 1.21 bits per heavy atom. The highest BCUT2D eigenvalue weighted by atomic mass is 15.2. The van der Waals surface area contributed by atoms with Crippen LogP contribution in [0.15, 0.2) is 12.4 Å². The first-order chi connectivity index (χ1) is 8.93. The minimum absolute atomic E-state index is 0.0747. The number of hydrogen-bond donors (Lipinski definition) is 1. The summed E-state index contributed by atoms with van der Waals surface area (Å²) in [5.41, 5.74) is 9.07. The van der Waals surface area contributed by atoms with Crippen molar-refractivity contribution in [2.75, 3.05) is 13.1 Å². The van der Waals surface area contributed by atoms with E-state index >= 15 is 0 Å². The molecule has 1 fully saturated rings. The van der Waals surface area contributed by atoms with Crippen LogP contribution in [-0.4, -0.2) is 39.5 Å². The van der Waals surface area contributed by atoms with Crippen LogP contribution >= 0.6 is 0 Å². The van der Waals surface area contributed by atoms with E-state index in [2.05, 4.69) is 35.6 Å². The number of rotatable bonds is 0. The Morgan fingerprint density at radius 3 is 2.47 bits per heavy atom. The molecule has 0 aromatic carbocycles. The Kier molecular flexibility index (Phi) is 2.91. The Balaban J connectivity index is 1.87. The van der Waals surface area contributed by atoms with Crippen molar-refractivity contribution in [1.29, 1.82) is 0 Å². The van der Waals surface area contributed by atoms with Crippen LogP contribution in [0.1, 0.15) is 45.0 Å². The molecule has 19 heavy (non-hydrogen) atoms. The molecule has 1 unspecified atom stereocenters. The van der Waals surface area contributed by atoms with Crippen molar-refractivity contribution >= 4 is 0 Å². The summed E-state index contributed by atoms with van der Waals surface area (Å²) >= 11 is 0. The maximum Gasteiger partial charge on any atom is 0.0697 e. The zero-order valence-electron chi connectivity index (χ0n) is 12.2. The number of aromatic nitrogens is 2. The van der Waals surface area contributed by atoms with Gasteiger partial charge in [-0.15, -0.1) is 0 Å². The molecule has 1 aliphatic carbocycles. The number of nitrogens with two attached hydrogens (primary N) is 1. The van der Waals surface area contributed by atoms with E-state index in [-0.39, 0.29) is 17.0 Å². The van der Waals surface area contributed by atoms with Crippen LogP contribution in [0, 0.1) is 0 Å². The second-order valence-electron chi connectivity index (χ2n) is 6.98. The van der Waals surface area contributed by atoms with Gasteiger partial charge in [-0.2, -0.15) is 0 Å². The average Bonchev–Trinajstić information content (AvgIpc) is 2.63. The summed E-state index contributed by atoms with van der Waals surface area (Å²) < 4.78 is 0. The monoisotopic (exact) mass is 260 g/mol. The SMILES string of the molecule is CC(C)(C)N1CCC2(CC1)c1nccnc1CC2N. The molecule has 4 heteroatoms. The third-order valence-electron chi connectivity index (χ3n) is 4.97. The average molecular weight is 260 g/mol. The molecule has 1 aromatic rings. The lowest BCUT2D eigenvalue weighted by Crippen LogP contribution is -2.54. The van der Waals surface area contributed by atoms with E-state index in [9.17, 15) is 0 Å². The summed E-state index contributed by atoms with van der Waals surface area (Å²) in [4.78, 5) is 11.6. The number of fused-ring (bicyclic) bond motifs is 2. The van der Waals surface area contributed by atoms with E-state index in [1.54, 1.807) is 6.20 Å². The van der Waals surface area contributed by atoms with Gasteiger partial charge in [0.05, 0.1) is 11.4 Å². The lowest BCUT2D eigenvalue weighted by atomic mass is 9.73. The second kappa shape index (κ2) is 4.25. The summed E-state index contributed by atoms with van der Waals surface area (Å²) in [6, 6.07) is 0.187. The summed E-state index contributed by atoms with van der Waals surface area (Å²) in [6.07, 6.45) is 6.70. The molecule has 0 saturated carbocycles. The number of piperidine rings is 1. The van der Waals surface area contributed by atoms with E-state index < -0.39 is 0 Å². The molecule has 3 rings (SSSR count). The van der Waals surface area contributed by atoms with Crippen LogP contribution in [0.4, 0.5) is 0 Å². The smallest absolute Gasteiger partial charge is 0.0697 e. The van der Waals surface area contributed by atoms with E-state index in [0.29, 0.717) is 0 Å². The van der Waals surface area contributed by atoms with Gasteiger partial charge in [0.15, 0.2) is 0 Å². The first-order valence-corrected chi connectivity index (χ1v) is 7.24. The van der Waals surface area contributed by atoms with Crippen molar-refractivity contribution in [2.45, 2.75) is 57.0 Å². The van der Waals surface area contributed by atoms with Crippen LogP contribution in [0.25, 0.3) is 0 Å². The quantitative estimate of drug-likeness (QED) is 0.768. The van der Waals surface area contributed by atoms with Gasteiger partial charge in [-0.1, -0.05) is 0 Å². The molecule has 0 amide bonds. The largest absolute Gasteiger partial charge is 0.326 e. The maximum absolute atomic E-state index is 6.45. The topological polar surface area (TPSA) is 55.0 Å². The second-order valence-corrected chi connectivity index (χ2v) is 6.98. The van der Waals surface area contributed by atoms with Crippen LogP contribution in [0.3, 0.4) is 0 Å². The maximum atomic E-state index is 6.45. The molecule has 2 aliphatic rings. The van der Waals surface area contributed by atoms with Crippen molar-refractivity contribution in [3.05, 3.63) is 23.8 Å². The first-order valence-electron chi connectivity index (χ1n) is 7.24. The lowest BCUT2D eigenvalue weighted by Gasteiger charge is -2.46. The van der Waals surface area contributed by atoms with Crippen LogP contribution in [-0.2, 0) is 11.8 Å². The zero-order valence-corrected chi connectivity index (χ0v) is 12.2. The summed E-state index contributed by atoms with van der Waals surface area (Å²) in [5, 5.41) is 0. The van der Waals surface area contributed by atoms with Crippen molar-refractivity contribution in [2.24, 2.45) is 5.73 Å². The highest BCUT2D eigenvalue weighted by molar-refractivity contribution is 5.33. The Hall–Kier alpha value is -1.00. The van der Waals surface area contributed by atoms with Gasteiger partial charge in [0, 0.05) is 35.8 Å². The van der Waals surface area contributed by atoms with Gasteiger partial charge < -0.3 is 5.73 Å². The van der Waals surface area contributed by atoms with E-state index in [1.807, 2.05) is 6.20 Å². The van der Waals surface area contributed by atoms with Gasteiger partial charge in [0.25, 0.3) is 0 Å². The first kappa shape index (κ1) is 13.0. The Morgan fingerprint density at radius 2 is 1.84 bits per heavy atom.